The smallest absolute Gasteiger partial charge is 0.142 e. The molecule has 0 bridgehead atoms. The molecule has 0 radical (unpaired) electrons. The molecule has 0 unspecified atom stereocenters. The van der Waals surface area contributed by atoms with Crippen LogP contribution in [-0.4, -0.2) is 55.4 Å². The number of carbonyl (C=O) groups excluding carboxylic acids is 1. The van der Waals surface area contributed by atoms with E-state index < -0.39 is 0 Å². The average molecular weight is 421 g/mol. The van der Waals surface area contributed by atoms with Gasteiger partial charge in [-0.3, -0.25) is 4.79 Å². The number of likely N-dealkylation sites (N-methyl/N-ethyl adjacent to an activating group) is 1. The Morgan fingerprint density at radius 1 is 1.23 bits per heavy atom. The number of oxime groups is 1. The van der Waals surface area contributed by atoms with E-state index in [0.29, 0.717) is 30.1 Å². The summed E-state index contributed by atoms with van der Waals surface area (Å²) in [5, 5.41) is 14.3. The first kappa shape index (κ1) is 23.7. The number of aliphatic hydroxyl groups excluding tert-OH is 1. The fourth-order valence-corrected chi connectivity index (χ4v) is 7.00. The van der Waals surface area contributed by atoms with Crippen LogP contribution in [0.4, 0.5) is 0 Å². The van der Waals surface area contributed by atoms with Crippen LogP contribution in [0.25, 0.3) is 0 Å². The highest BCUT2D eigenvalue weighted by Gasteiger charge is 2.57. The highest BCUT2D eigenvalue weighted by molar-refractivity contribution is 5.88. The molecule has 3 aliphatic carbocycles. The van der Waals surface area contributed by atoms with E-state index >= 15 is 0 Å². The summed E-state index contributed by atoms with van der Waals surface area (Å²) in [4.78, 5) is 21.3. The molecule has 0 aromatic rings. The van der Waals surface area contributed by atoms with Crippen molar-refractivity contribution < 1.29 is 14.7 Å². The van der Waals surface area contributed by atoms with Gasteiger partial charge in [-0.15, -0.1) is 0 Å². The molecule has 0 aromatic carbocycles. The van der Waals surface area contributed by atoms with E-state index in [-0.39, 0.29) is 22.9 Å². The van der Waals surface area contributed by atoms with Gasteiger partial charge in [0.1, 0.15) is 12.4 Å². The van der Waals surface area contributed by atoms with Crippen LogP contribution < -0.4 is 0 Å². The van der Waals surface area contributed by atoms with E-state index in [4.69, 9.17) is 4.84 Å². The lowest BCUT2D eigenvalue weighted by atomic mass is 9.46. The molecule has 0 aromatic heterocycles. The summed E-state index contributed by atoms with van der Waals surface area (Å²) < 4.78 is 0. The molecule has 0 saturated heterocycles. The third-order valence-corrected chi connectivity index (χ3v) is 9.10. The normalized spacial score (nSPS) is 40.3. The number of ketones is 1. The number of nitrogens with zero attached hydrogens (tertiary/aromatic N) is 2. The van der Waals surface area contributed by atoms with Gasteiger partial charge in [0.25, 0.3) is 0 Å². The second-order valence-corrected chi connectivity index (χ2v) is 11.0. The molecular formula is C25H44N2O3. The second-order valence-electron chi connectivity index (χ2n) is 11.0. The lowest BCUT2D eigenvalue weighted by Crippen LogP contribution is -2.56. The van der Waals surface area contributed by atoms with Crippen molar-refractivity contribution in [2.45, 2.75) is 84.7 Å². The molecular weight excluding hydrogens is 376 g/mol. The van der Waals surface area contributed by atoms with Crippen molar-refractivity contribution in [3.63, 3.8) is 0 Å². The van der Waals surface area contributed by atoms with E-state index in [2.05, 4.69) is 30.8 Å². The zero-order valence-electron chi connectivity index (χ0n) is 19.9. The molecule has 3 rings (SSSR count). The first-order chi connectivity index (χ1) is 14.2. The number of rotatable bonds is 8. The zero-order valence-corrected chi connectivity index (χ0v) is 19.9. The van der Waals surface area contributed by atoms with Crippen LogP contribution >= 0.6 is 0 Å². The summed E-state index contributed by atoms with van der Waals surface area (Å²) in [6.07, 6.45) is 10.8. The molecule has 0 spiro atoms. The van der Waals surface area contributed by atoms with E-state index in [0.717, 1.165) is 64.3 Å². The van der Waals surface area contributed by atoms with Gasteiger partial charge in [0, 0.05) is 24.1 Å². The fraction of sp³-hybridized carbons (Fsp3) is 0.920. The molecule has 0 amide bonds. The Kier molecular flexibility index (Phi) is 7.66. The van der Waals surface area contributed by atoms with Crippen molar-refractivity contribution in [3.8, 4) is 0 Å². The Morgan fingerprint density at radius 2 is 2.00 bits per heavy atom. The van der Waals surface area contributed by atoms with Crippen LogP contribution in [0.5, 0.6) is 0 Å². The third-order valence-electron chi connectivity index (χ3n) is 9.10. The number of fused-ring (bicyclic) bond motifs is 3. The predicted octanol–water partition coefficient (Wildman–Crippen LogP) is 4.53. The molecule has 5 nitrogen and oxygen atoms in total. The summed E-state index contributed by atoms with van der Waals surface area (Å²) in [5.41, 5.74) is -0.00840. The van der Waals surface area contributed by atoms with E-state index in [9.17, 15) is 9.90 Å². The number of Topliss-reactive ketones (excluding diaryl/α,β-unsaturated/α-hetero) is 1. The van der Waals surface area contributed by atoms with Crippen LogP contribution in [0.3, 0.4) is 0 Å². The zero-order chi connectivity index (χ0) is 21.9. The van der Waals surface area contributed by atoms with Gasteiger partial charge in [-0.2, -0.15) is 0 Å². The monoisotopic (exact) mass is 420 g/mol. The minimum absolute atomic E-state index is 0.132. The molecule has 1 N–H and O–H groups in total. The Bertz CT molecular complexity index is 622. The summed E-state index contributed by atoms with van der Waals surface area (Å²) in [6, 6.07) is 0. The van der Waals surface area contributed by atoms with Crippen LogP contribution in [0.2, 0.25) is 0 Å². The largest absolute Gasteiger partial charge is 0.395 e. The molecule has 3 saturated carbocycles. The molecule has 172 valence electrons. The van der Waals surface area contributed by atoms with Gasteiger partial charge in [0.15, 0.2) is 0 Å². The van der Waals surface area contributed by atoms with Crippen LogP contribution in [0, 0.1) is 34.5 Å². The van der Waals surface area contributed by atoms with Crippen LogP contribution in [0.1, 0.15) is 78.6 Å². The lowest BCUT2D eigenvalue weighted by molar-refractivity contribution is -0.157. The van der Waals surface area contributed by atoms with Gasteiger partial charge in [-0.25, -0.2) is 0 Å². The van der Waals surface area contributed by atoms with Gasteiger partial charge < -0.3 is 14.8 Å². The number of hydrogen-bond donors (Lipinski definition) is 1. The maximum Gasteiger partial charge on any atom is 0.142 e. The van der Waals surface area contributed by atoms with Crippen molar-refractivity contribution >= 4 is 12.0 Å². The summed E-state index contributed by atoms with van der Waals surface area (Å²) in [6.45, 7) is 8.29. The quantitative estimate of drug-likeness (QED) is 0.356. The first-order valence-electron chi connectivity index (χ1n) is 12.2. The molecule has 7 atom stereocenters. The minimum atomic E-state index is -0.247. The minimum Gasteiger partial charge on any atom is -0.395 e. The molecule has 30 heavy (non-hydrogen) atoms. The van der Waals surface area contributed by atoms with Crippen LogP contribution in [0.15, 0.2) is 5.16 Å². The Hall–Kier alpha value is -0.940. The lowest BCUT2D eigenvalue weighted by Gasteiger charge is -2.58. The van der Waals surface area contributed by atoms with Crippen molar-refractivity contribution in [3.05, 3.63) is 0 Å². The molecule has 3 aliphatic rings. The Labute approximate surface area is 183 Å². The fourth-order valence-electron chi connectivity index (χ4n) is 7.00. The highest BCUT2D eigenvalue weighted by atomic mass is 16.6. The average Bonchev–Trinajstić information content (AvgIpc) is 2.70. The standard InChI is InChI=1S/C25H44N2O3/c1-6-18(11-14-26-30-16-15-27(4)5)25(3)13-10-22-21(23(25)29)8-7-19-17-20(28)9-12-24(19,22)2/h14,18-22,28H,6-13,15-17H2,1-5H3/b26-14+/t18-,19-,20-,21+,22-,24-,25+/m0/s1. The first-order valence-corrected chi connectivity index (χ1v) is 12.2. The van der Waals surface area contributed by atoms with Gasteiger partial charge in [-0.1, -0.05) is 32.3 Å². The van der Waals surface area contributed by atoms with Gasteiger partial charge in [0.2, 0.25) is 0 Å². The number of aliphatic hydroxyl groups is 1. The van der Waals surface area contributed by atoms with E-state index in [1.807, 2.05) is 20.3 Å². The molecule has 0 heterocycles. The van der Waals surface area contributed by atoms with Crippen molar-refractivity contribution in [1.82, 2.24) is 4.90 Å². The van der Waals surface area contributed by atoms with Gasteiger partial charge in [0.05, 0.1) is 6.10 Å². The summed E-state index contributed by atoms with van der Waals surface area (Å²) >= 11 is 0. The predicted molar refractivity (Wildman–Crippen MR) is 121 cm³/mol. The van der Waals surface area contributed by atoms with Crippen molar-refractivity contribution in [2.75, 3.05) is 27.2 Å². The SMILES string of the molecule is CC[C@@H](C/C=N/OCCN(C)C)[C@@]1(C)CC[C@H]2[C@@H](CC[C@H]3C[C@@H](O)CC[C@@]32C)C1=O. The number of hydrogen-bond acceptors (Lipinski definition) is 5. The maximum atomic E-state index is 13.8. The topological polar surface area (TPSA) is 62.1 Å². The van der Waals surface area contributed by atoms with Crippen molar-refractivity contribution in [2.24, 2.45) is 39.7 Å². The summed E-state index contributed by atoms with van der Waals surface area (Å²) in [7, 11) is 4.04. The van der Waals surface area contributed by atoms with Crippen LogP contribution in [-0.2, 0) is 9.63 Å². The van der Waals surface area contributed by atoms with Crippen molar-refractivity contribution in [1.29, 1.82) is 0 Å². The third kappa shape index (κ3) is 4.62. The molecule has 0 aliphatic heterocycles. The Balaban J connectivity index is 1.64. The van der Waals surface area contributed by atoms with Gasteiger partial charge >= 0.3 is 0 Å². The van der Waals surface area contributed by atoms with E-state index in [1.54, 1.807) is 0 Å². The van der Waals surface area contributed by atoms with Gasteiger partial charge in [-0.05, 0) is 88.6 Å². The number of carbonyl (C=O) groups is 1. The molecule has 3 fully saturated rings. The Morgan fingerprint density at radius 3 is 2.70 bits per heavy atom. The maximum absolute atomic E-state index is 13.8. The summed E-state index contributed by atoms with van der Waals surface area (Å²) in [5.74, 6) is 2.14. The molecule has 5 heteroatoms. The highest BCUT2D eigenvalue weighted by Crippen LogP contribution is 2.61. The second kappa shape index (κ2) is 9.68. The van der Waals surface area contributed by atoms with E-state index in [1.165, 1.54) is 0 Å².